The van der Waals surface area contributed by atoms with Crippen LogP contribution in [0.1, 0.15) is 10.4 Å². The number of hydrogen-bond acceptors (Lipinski definition) is 8. The molecule has 2 N–H and O–H groups in total. The summed E-state index contributed by atoms with van der Waals surface area (Å²) in [6.45, 7) is 2.59. The number of urea groups is 1. The highest BCUT2D eigenvalue weighted by Gasteiger charge is 2.19. The number of halogens is 1. The standard InChI is InChI=1S/C20H19ClN4O5S2/c1-32(28,29)13-3-5-16-17(11-13)31-20(22-16)24-19(27)23-18(26)14-10-12(2-4-15(14)21)25-6-8-30-9-7-25/h2-5,10-11H,6-9H2,1H3,(H2,22,23,24,26,27). The van der Waals surface area contributed by atoms with Crippen LogP contribution < -0.4 is 15.5 Å². The van der Waals surface area contributed by atoms with Crippen molar-refractivity contribution in [3.63, 3.8) is 0 Å². The van der Waals surface area contributed by atoms with Gasteiger partial charge in [0.25, 0.3) is 5.91 Å². The number of benzene rings is 2. The van der Waals surface area contributed by atoms with Crippen molar-refractivity contribution in [3.05, 3.63) is 47.0 Å². The summed E-state index contributed by atoms with van der Waals surface area (Å²) in [6, 6.07) is 8.81. The highest BCUT2D eigenvalue weighted by atomic mass is 35.5. The average molecular weight is 495 g/mol. The fraction of sp³-hybridized carbons (Fsp3) is 0.250. The van der Waals surface area contributed by atoms with Crippen LogP contribution in [-0.2, 0) is 14.6 Å². The van der Waals surface area contributed by atoms with Gasteiger partial charge in [0.2, 0.25) is 0 Å². The fourth-order valence-electron chi connectivity index (χ4n) is 3.19. The number of fused-ring (bicyclic) bond motifs is 1. The summed E-state index contributed by atoms with van der Waals surface area (Å²) in [7, 11) is -3.36. The van der Waals surface area contributed by atoms with Crippen LogP contribution in [0.5, 0.6) is 0 Å². The Morgan fingerprint density at radius 1 is 1.16 bits per heavy atom. The Kier molecular flexibility index (Phi) is 6.33. The predicted octanol–water partition coefficient (Wildman–Crippen LogP) is 3.15. The molecule has 3 amide bonds. The monoisotopic (exact) mass is 494 g/mol. The molecule has 12 heteroatoms. The molecule has 0 bridgehead atoms. The van der Waals surface area contributed by atoms with Crippen molar-refractivity contribution in [3.8, 4) is 0 Å². The number of ether oxygens (including phenoxy) is 1. The van der Waals surface area contributed by atoms with E-state index < -0.39 is 21.8 Å². The number of amides is 3. The number of nitrogens with one attached hydrogen (secondary N) is 2. The van der Waals surface area contributed by atoms with Crippen molar-refractivity contribution in [2.24, 2.45) is 0 Å². The number of anilines is 2. The summed E-state index contributed by atoms with van der Waals surface area (Å²) in [4.78, 5) is 31.5. The van der Waals surface area contributed by atoms with Gasteiger partial charge in [0, 0.05) is 25.0 Å². The lowest BCUT2D eigenvalue weighted by Gasteiger charge is -2.29. The van der Waals surface area contributed by atoms with E-state index in [9.17, 15) is 18.0 Å². The van der Waals surface area contributed by atoms with Crippen LogP contribution in [0.3, 0.4) is 0 Å². The van der Waals surface area contributed by atoms with Gasteiger partial charge in [-0.1, -0.05) is 22.9 Å². The average Bonchev–Trinajstić information content (AvgIpc) is 3.15. The molecular weight excluding hydrogens is 476 g/mol. The lowest BCUT2D eigenvalue weighted by Crippen LogP contribution is -2.37. The number of rotatable bonds is 4. The molecule has 0 saturated carbocycles. The van der Waals surface area contributed by atoms with E-state index in [1.807, 2.05) is 6.07 Å². The van der Waals surface area contributed by atoms with Crippen LogP contribution in [0.2, 0.25) is 5.02 Å². The molecule has 9 nitrogen and oxygen atoms in total. The molecule has 0 spiro atoms. The highest BCUT2D eigenvalue weighted by molar-refractivity contribution is 7.90. The minimum absolute atomic E-state index is 0.162. The van der Waals surface area contributed by atoms with Crippen molar-refractivity contribution in [1.29, 1.82) is 0 Å². The quantitative estimate of drug-likeness (QED) is 0.572. The van der Waals surface area contributed by atoms with Gasteiger partial charge in [0.15, 0.2) is 15.0 Å². The van der Waals surface area contributed by atoms with Gasteiger partial charge < -0.3 is 9.64 Å². The van der Waals surface area contributed by atoms with Gasteiger partial charge in [-0.05, 0) is 36.4 Å². The zero-order chi connectivity index (χ0) is 22.9. The van der Waals surface area contributed by atoms with E-state index in [1.54, 1.807) is 18.2 Å². The molecule has 2 aromatic carbocycles. The van der Waals surface area contributed by atoms with Crippen LogP contribution in [0, 0.1) is 0 Å². The number of hydrogen-bond donors (Lipinski definition) is 2. The SMILES string of the molecule is CS(=O)(=O)c1ccc2nc(NC(=O)NC(=O)c3cc(N4CCOCC4)ccc3Cl)sc2c1. The highest BCUT2D eigenvalue weighted by Crippen LogP contribution is 2.28. The largest absolute Gasteiger partial charge is 0.378 e. The maximum atomic E-state index is 12.6. The first-order valence-electron chi connectivity index (χ1n) is 9.56. The smallest absolute Gasteiger partial charge is 0.327 e. The number of carbonyl (C=O) groups excluding carboxylic acids is 2. The Bertz CT molecular complexity index is 1300. The molecule has 0 aliphatic carbocycles. The fourth-order valence-corrected chi connectivity index (χ4v) is 5.02. The van der Waals surface area contributed by atoms with E-state index in [-0.39, 0.29) is 20.6 Å². The second-order valence-corrected chi connectivity index (χ2v) is 10.5. The Morgan fingerprint density at radius 3 is 2.62 bits per heavy atom. The first-order chi connectivity index (χ1) is 15.2. The third-order valence-electron chi connectivity index (χ3n) is 4.81. The van der Waals surface area contributed by atoms with Crippen molar-refractivity contribution < 1.29 is 22.7 Å². The van der Waals surface area contributed by atoms with E-state index in [0.717, 1.165) is 23.3 Å². The van der Waals surface area contributed by atoms with Crippen LogP contribution in [0.4, 0.5) is 15.6 Å². The second-order valence-electron chi connectivity index (χ2n) is 7.09. The topological polar surface area (TPSA) is 118 Å². The molecule has 0 atom stereocenters. The lowest BCUT2D eigenvalue weighted by molar-refractivity contribution is 0.0967. The lowest BCUT2D eigenvalue weighted by atomic mass is 10.1. The van der Waals surface area contributed by atoms with E-state index >= 15 is 0 Å². The molecule has 1 saturated heterocycles. The minimum atomic E-state index is -3.36. The number of imide groups is 1. The zero-order valence-corrected chi connectivity index (χ0v) is 19.3. The molecule has 32 heavy (non-hydrogen) atoms. The third kappa shape index (κ3) is 5.01. The number of thiazole rings is 1. The predicted molar refractivity (Wildman–Crippen MR) is 124 cm³/mol. The molecule has 0 radical (unpaired) electrons. The van der Waals surface area contributed by atoms with Gasteiger partial charge in [-0.15, -0.1) is 0 Å². The van der Waals surface area contributed by atoms with Gasteiger partial charge >= 0.3 is 6.03 Å². The van der Waals surface area contributed by atoms with E-state index in [1.165, 1.54) is 12.1 Å². The van der Waals surface area contributed by atoms with Crippen LogP contribution in [0.15, 0.2) is 41.3 Å². The van der Waals surface area contributed by atoms with Crippen LogP contribution in [-0.4, -0.2) is 57.9 Å². The number of carbonyl (C=O) groups is 2. The Labute approximate surface area is 193 Å². The normalized spacial score (nSPS) is 14.4. The van der Waals surface area contributed by atoms with Gasteiger partial charge in [-0.2, -0.15) is 0 Å². The molecule has 0 unspecified atom stereocenters. The first-order valence-corrected chi connectivity index (χ1v) is 12.6. The van der Waals surface area contributed by atoms with Gasteiger partial charge in [0.1, 0.15) is 0 Å². The Balaban J connectivity index is 1.46. The van der Waals surface area contributed by atoms with Crippen molar-refractivity contribution in [2.75, 3.05) is 42.8 Å². The van der Waals surface area contributed by atoms with Gasteiger partial charge in [-0.25, -0.2) is 18.2 Å². The second kappa shape index (κ2) is 9.02. The molecule has 1 aromatic heterocycles. The Morgan fingerprint density at radius 2 is 1.91 bits per heavy atom. The van der Waals surface area contributed by atoms with Crippen molar-refractivity contribution in [1.82, 2.24) is 10.3 Å². The molecular formula is C20H19ClN4O5S2. The summed E-state index contributed by atoms with van der Waals surface area (Å²) in [6.07, 6.45) is 1.12. The number of nitrogens with zero attached hydrogens (tertiary/aromatic N) is 2. The molecule has 4 rings (SSSR count). The molecule has 1 aliphatic rings. The summed E-state index contributed by atoms with van der Waals surface area (Å²) < 4.78 is 29.4. The third-order valence-corrected chi connectivity index (χ3v) is 7.18. The maximum Gasteiger partial charge on any atom is 0.327 e. The number of aromatic nitrogens is 1. The summed E-state index contributed by atoms with van der Waals surface area (Å²) in [5.74, 6) is -0.650. The molecule has 1 aliphatic heterocycles. The molecule has 1 fully saturated rings. The van der Waals surface area contributed by atoms with Gasteiger partial charge in [0.05, 0.1) is 38.9 Å². The van der Waals surface area contributed by atoms with Crippen LogP contribution >= 0.6 is 22.9 Å². The zero-order valence-electron chi connectivity index (χ0n) is 16.9. The van der Waals surface area contributed by atoms with Crippen molar-refractivity contribution in [2.45, 2.75) is 4.90 Å². The van der Waals surface area contributed by atoms with Gasteiger partial charge in [-0.3, -0.25) is 15.4 Å². The maximum absolute atomic E-state index is 12.6. The molecule has 2 heterocycles. The summed E-state index contributed by atoms with van der Waals surface area (Å²) in [5, 5.41) is 5.20. The van der Waals surface area contributed by atoms with E-state index in [0.29, 0.717) is 36.5 Å². The first kappa shape index (κ1) is 22.5. The minimum Gasteiger partial charge on any atom is -0.378 e. The van der Waals surface area contributed by atoms with E-state index in [4.69, 9.17) is 16.3 Å². The van der Waals surface area contributed by atoms with Crippen molar-refractivity contribution >= 4 is 65.7 Å². The molecule has 3 aromatic rings. The Hall–Kier alpha value is -2.73. The van der Waals surface area contributed by atoms with Crippen LogP contribution in [0.25, 0.3) is 10.2 Å². The number of morpholine rings is 1. The number of sulfone groups is 1. The summed E-state index contributed by atoms with van der Waals surface area (Å²) in [5.41, 5.74) is 1.52. The van der Waals surface area contributed by atoms with E-state index in [2.05, 4.69) is 20.5 Å². The molecule has 168 valence electrons. The summed E-state index contributed by atoms with van der Waals surface area (Å²) >= 11 is 7.28.